The topological polar surface area (TPSA) is 110 Å². The predicted octanol–water partition coefficient (Wildman–Crippen LogP) is 3.71. The summed E-state index contributed by atoms with van der Waals surface area (Å²) >= 11 is 0. The van der Waals surface area contributed by atoms with Crippen molar-refractivity contribution >= 4 is 27.3 Å². The van der Waals surface area contributed by atoms with Gasteiger partial charge < -0.3 is 5.32 Å². The number of anilines is 1. The van der Waals surface area contributed by atoms with Crippen LogP contribution in [0.4, 0.5) is 11.4 Å². The second kappa shape index (κ2) is 10.1. The molecule has 0 unspecified atom stereocenters. The smallest absolute Gasteiger partial charge is 0.271 e. The Morgan fingerprint density at radius 2 is 1.62 bits per heavy atom. The first-order valence-electron chi connectivity index (χ1n) is 9.93. The minimum atomic E-state index is -4.13. The number of nitrogens with zero attached hydrogens (tertiary/aromatic N) is 2. The zero-order valence-corrected chi connectivity index (χ0v) is 18.2. The molecule has 0 saturated carbocycles. The van der Waals surface area contributed by atoms with E-state index in [0.29, 0.717) is 6.54 Å². The Kier molecular flexibility index (Phi) is 7.21. The summed E-state index contributed by atoms with van der Waals surface area (Å²) in [5.41, 5.74) is 0.809. The van der Waals surface area contributed by atoms with Gasteiger partial charge in [-0.15, -0.1) is 0 Å². The molecule has 3 aromatic carbocycles. The summed E-state index contributed by atoms with van der Waals surface area (Å²) in [7, 11) is -4.13. The number of nitrogens with one attached hydrogen (secondary N) is 1. The number of benzene rings is 3. The maximum atomic E-state index is 13.3. The summed E-state index contributed by atoms with van der Waals surface area (Å²) in [6.45, 7) is 1.76. The number of carbonyl (C=O) groups excluding carboxylic acids is 1. The highest BCUT2D eigenvalue weighted by Gasteiger charge is 2.28. The van der Waals surface area contributed by atoms with Gasteiger partial charge in [-0.1, -0.05) is 61.5 Å². The van der Waals surface area contributed by atoms with Crippen LogP contribution < -0.4 is 9.62 Å². The van der Waals surface area contributed by atoms with E-state index in [1.54, 1.807) is 18.2 Å². The molecule has 0 aromatic heterocycles. The summed E-state index contributed by atoms with van der Waals surface area (Å²) in [6, 6.07) is 22.5. The van der Waals surface area contributed by atoms with Crippen molar-refractivity contribution < 1.29 is 18.1 Å². The molecule has 0 aliphatic heterocycles. The van der Waals surface area contributed by atoms with Crippen molar-refractivity contribution in [2.24, 2.45) is 0 Å². The second-order valence-electron chi connectivity index (χ2n) is 7.22. The first-order chi connectivity index (χ1) is 15.3. The Hall–Kier alpha value is -3.72. The number of hydrogen-bond donors (Lipinski definition) is 1. The first-order valence-corrected chi connectivity index (χ1v) is 11.4. The fourth-order valence-electron chi connectivity index (χ4n) is 3.15. The Labute approximate surface area is 186 Å². The lowest BCUT2D eigenvalue weighted by Crippen LogP contribution is -2.41. The number of amides is 1. The summed E-state index contributed by atoms with van der Waals surface area (Å²) in [4.78, 5) is 23.3. The van der Waals surface area contributed by atoms with Gasteiger partial charge in [0.15, 0.2) is 0 Å². The molecule has 32 heavy (non-hydrogen) atoms. The third kappa shape index (κ3) is 5.50. The van der Waals surface area contributed by atoms with Crippen molar-refractivity contribution in [1.29, 1.82) is 0 Å². The minimum Gasteiger partial charge on any atom is -0.354 e. The average molecular weight is 454 g/mol. The SMILES string of the molecule is C[C@@H](CNC(=O)CN(c1cccc([N+](=O)[O-])c1)S(=O)(=O)c1ccccc1)c1ccccc1. The molecule has 8 nitrogen and oxygen atoms in total. The number of nitro groups is 1. The highest BCUT2D eigenvalue weighted by molar-refractivity contribution is 7.92. The molecule has 0 spiro atoms. The van der Waals surface area contributed by atoms with Gasteiger partial charge in [0.2, 0.25) is 5.91 Å². The van der Waals surface area contributed by atoms with Gasteiger partial charge in [-0.2, -0.15) is 0 Å². The summed E-state index contributed by atoms with van der Waals surface area (Å²) in [6.07, 6.45) is 0. The van der Waals surface area contributed by atoms with Crippen molar-refractivity contribution in [1.82, 2.24) is 5.32 Å². The Balaban J connectivity index is 1.85. The Morgan fingerprint density at radius 3 is 2.25 bits per heavy atom. The lowest BCUT2D eigenvalue weighted by Gasteiger charge is -2.24. The van der Waals surface area contributed by atoms with Crippen LogP contribution in [-0.2, 0) is 14.8 Å². The predicted molar refractivity (Wildman–Crippen MR) is 122 cm³/mol. The van der Waals surface area contributed by atoms with Crippen LogP contribution in [0.2, 0.25) is 0 Å². The third-order valence-electron chi connectivity index (χ3n) is 4.92. The van der Waals surface area contributed by atoms with Gasteiger partial charge in [0.1, 0.15) is 6.54 Å². The van der Waals surface area contributed by atoms with E-state index in [1.807, 2.05) is 37.3 Å². The van der Waals surface area contributed by atoms with Crippen LogP contribution in [-0.4, -0.2) is 32.3 Å². The van der Waals surface area contributed by atoms with E-state index in [0.717, 1.165) is 15.9 Å². The molecule has 1 atom stereocenters. The van der Waals surface area contributed by atoms with E-state index in [4.69, 9.17) is 0 Å². The van der Waals surface area contributed by atoms with Crippen molar-refractivity contribution in [3.05, 3.63) is 101 Å². The molecule has 0 saturated heterocycles. The lowest BCUT2D eigenvalue weighted by molar-refractivity contribution is -0.384. The molecule has 0 bridgehead atoms. The largest absolute Gasteiger partial charge is 0.354 e. The molecule has 0 aliphatic carbocycles. The molecule has 3 aromatic rings. The van der Waals surface area contributed by atoms with Gasteiger partial charge in [-0.25, -0.2) is 8.42 Å². The molecule has 0 radical (unpaired) electrons. The number of nitro benzene ring substituents is 1. The number of hydrogen-bond acceptors (Lipinski definition) is 5. The highest BCUT2D eigenvalue weighted by atomic mass is 32.2. The van der Waals surface area contributed by atoms with Crippen molar-refractivity contribution in [2.45, 2.75) is 17.7 Å². The monoisotopic (exact) mass is 453 g/mol. The maximum absolute atomic E-state index is 13.3. The van der Waals surface area contributed by atoms with Crippen LogP contribution in [0.15, 0.2) is 89.8 Å². The second-order valence-corrected chi connectivity index (χ2v) is 9.08. The standard InChI is InChI=1S/C23H23N3O5S/c1-18(19-9-4-2-5-10-19)16-24-23(27)17-25(20-11-8-12-21(15-20)26(28)29)32(30,31)22-13-6-3-7-14-22/h2-15,18H,16-17H2,1H3,(H,24,27)/t18-/m0/s1. The van der Waals surface area contributed by atoms with E-state index >= 15 is 0 Å². The van der Waals surface area contributed by atoms with Crippen molar-refractivity contribution in [2.75, 3.05) is 17.4 Å². The third-order valence-corrected chi connectivity index (χ3v) is 6.71. The summed E-state index contributed by atoms with van der Waals surface area (Å²) in [5, 5.41) is 14.0. The number of sulfonamides is 1. The summed E-state index contributed by atoms with van der Waals surface area (Å²) in [5.74, 6) is -0.490. The van der Waals surface area contributed by atoms with Gasteiger partial charge in [0.05, 0.1) is 15.5 Å². The van der Waals surface area contributed by atoms with Crippen molar-refractivity contribution in [3.63, 3.8) is 0 Å². The van der Waals surface area contributed by atoms with Gasteiger partial charge in [0.25, 0.3) is 15.7 Å². The Bertz CT molecular complexity index is 1180. The minimum absolute atomic E-state index is 0.0167. The molecule has 1 N–H and O–H groups in total. The van der Waals surface area contributed by atoms with Gasteiger partial charge in [-0.05, 0) is 29.7 Å². The van der Waals surface area contributed by atoms with Gasteiger partial charge in [0, 0.05) is 18.7 Å². The molecular formula is C23H23N3O5S. The van der Waals surface area contributed by atoms with Crippen LogP contribution in [0.1, 0.15) is 18.4 Å². The highest BCUT2D eigenvalue weighted by Crippen LogP contribution is 2.27. The van der Waals surface area contributed by atoms with Crippen LogP contribution in [0.5, 0.6) is 0 Å². The molecule has 0 aliphatic rings. The fourth-order valence-corrected chi connectivity index (χ4v) is 4.58. The quantitative estimate of drug-likeness (QED) is 0.392. The van der Waals surface area contributed by atoms with E-state index in [9.17, 15) is 23.3 Å². The van der Waals surface area contributed by atoms with Crippen LogP contribution in [0.3, 0.4) is 0 Å². The van der Waals surface area contributed by atoms with E-state index in [-0.39, 0.29) is 22.2 Å². The Morgan fingerprint density at radius 1 is 1.00 bits per heavy atom. The summed E-state index contributed by atoms with van der Waals surface area (Å²) < 4.78 is 27.5. The van der Waals surface area contributed by atoms with E-state index in [2.05, 4.69) is 5.32 Å². The zero-order valence-electron chi connectivity index (χ0n) is 17.4. The first kappa shape index (κ1) is 23.0. The van der Waals surface area contributed by atoms with Crippen LogP contribution in [0, 0.1) is 10.1 Å². The molecule has 0 fully saturated rings. The number of non-ortho nitro benzene ring substituents is 1. The normalized spacial score (nSPS) is 12.0. The van der Waals surface area contributed by atoms with E-state index in [1.165, 1.54) is 30.3 Å². The molecule has 9 heteroatoms. The zero-order chi connectivity index (χ0) is 23.1. The molecule has 166 valence electrons. The molecule has 3 rings (SSSR count). The van der Waals surface area contributed by atoms with Gasteiger partial charge in [-0.3, -0.25) is 19.2 Å². The van der Waals surface area contributed by atoms with Crippen molar-refractivity contribution in [3.8, 4) is 0 Å². The van der Waals surface area contributed by atoms with Gasteiger partial charge >= 0.3 is 0 Å². The lowest BCUT2D eigenvalue weighted by atomic mass is 10.0. The fraction of sp³-hybridized carbons (Fsp3) is 0.174. The average Bonchev–Trinajstić information content (AvgIpc) is 2.82. The van der Waals surface area contributed by atoms with Crippen LogP contribution in [0.25, 0.3) is 0 Å². The molecule has 0 heterocycles. The van der Waals surface area contributed by atoms with Crippen LogP contribution >= 0.6 is 0 Å². The maximum Gasteiger partial charge on any atom is 0.271 e. The number of carbonyl (C=O) groups is 1. The number of rotatable bonds is 9. The van der Waals surface area contributed by atoms with E-state index < -0.39 is 27.4 Å². The molecule has 1 amide bonds. The molecular weight excluding hydrogens is 430 g/mol.